The molecule has 0 saturated heterocycles. The molecule has 0 bridgehead atoms. The number of aliphatic hydroxyl groups excluding tert-OH is 1. The van der Waals surface area contributed by atoms with Crippen LogP contribution in [-0.2, 0) is 9.59 Å². The van der Waals surface area contributed by atoms with Crippen LogP contribution in [0.5, 0.6) is 0 Å². The highest BCUT2D eigenvalue weighted by atomic mass is 16.4. The van der Waals surface area contributed by atoms with Crippen molar-refractivity contribution < 1.29 is 19.8 Å². The van der Waals surface area contributed by atoms with Gasteiger partial charge in [0.05, 0.1) is 6.10 Å². The minimum absolute atomic E-state index is 0.0394. The fraction of sp³-hybridized carbons (Fsp3) is 0.867. The number of allylic oxidation sites excluding steroid dienone is 1. The van der Waals surface area contributed by atoms with Gasteiger partial charge in [0.15, 0.2) is 5.78 Å². The van der Waals surface area contributed by atoms with Crippen molar-refractivity contribution in [3.05, 3.63) is 11.6 Å². The van der Waals surface area contributed by atoms with Gasteiger partial charge < -0.3 is 10.2 Å². The van der Waals surface area contributed by atoms with Crippen molar-refractivity contribution in [2.24, 2.45) is 40.4 Å². The monoisotopic (exact) mass is 472 g/mol. The molecule has 0 aromatic rings. The van der Waals surface area contributed by atoms with Crippen molar-refractivity contribution in [3.63, 3.8) is 0 Å². The number of rotatable bonds is 10. The van der Waals surface area contributed by atoms with Crippen LogP contribution in [0.4, 0.5) is 0 Å². The van der Waals surface area contributed by atoms with Crippen molar-refractivity contribution in [1.82, 2.24) is 0 Å². The lowest BCUT2D eigenvalue weighted by Crippen LogP contribution is -2.55. The average molecular weight is 473 g/mol. The molecule has 0 radical (unpaired) electrons. The summed E-state index contributed by atoms with van der Waals surface area (Å²) in [6.45, 7) is 6.94. The Hall–Kier alpha value is -1.16. The van der Waals surface area contributed by atoms with Gasteiger partial charge in [-0.3, -0.25) is 9.59 Å². The van der Waals surface area contributed by atoms with Crippen LogP contribution in [0.2, 0.25) is 0 Å². The molecule has 0 spiro atoms. The predicted octanol–water partition coefficient (Wildman–Crippen LogP) is 6.95. The molecule has 2 N–H and O–H groups in total. The molecule has 4 nitrogen and oxygen atoms in total. The van der Waals surface area contributed by atoms with Crippen molar-refractivity contribution in [2.45, 2.75) is 123 Å². The quantitative estimate of drug-likeness (QED) is 0.337. The van der Waals surface area contributed by atoms with E-state index in [-0.39, 0.29) is 41.0 Å². The van der Waals surface area contributed by atoms with E-state index in [0.717, 1.165) is 51.4 Å². The second kappa shape index (κ2) is 10.4. The van der Waals surface area contributed by atoms with Crippen molar-refractivity contribution in [2.75, 3.05) is 0 Å². The Bertz CT molecular complexity index is 787. The molecule has 4 aliphatic rings. The molecular formula is C30H48O4. The lowest BCUT2D eigenvalue weighted by Gasteiger charge is -2.61. The van der Waals surface area contributed by atoms with E-state index in [1.54, 1.807) is 0 Å². The zero-order valence-electron chi connectivity index (χ0n) is 21.9. The number of hydrogen-bond acceptors (Lipinski definition) is 3. The van der Waals surface area contributed by atoms with Crippen molar-refractivity contribution in [3.8, 4) is 0 Å². The molecule has 4 aliphatic carbocycles. The summed E-state index contributed by atoms with van der Waals surface area (Å²) in [5, 5.41) is 20.6. The van der Waals surface area contributed by atoms with Gasteiger partial charge in [-0.1, -0.05) is 64.9 Å². The van der Waals surface area contributed by atoms with Gasteiger partial charge in [0.2, 0.25) is 0 Å². The molecule has 3 saturated carbocycles. The number of fused-ring (bicyclic) bond motifs is 5. The highest BCUT2D eigenvalue weighted by molar-refractivity contribution is 5.92. The molecule has 8 atom stereocenters. The number of aliphatic carboxylic acids is 1. The molecule has 0 heterocycles. The standard InChI is InChI=1S/C30H48O4/c1-4-5-6-7-8-9-10-20(17-28(33)34)26-19-22(31)18-21-11-12-23-24-13-14-27(32)29(24,2)16-15-25(23)30(21,26)3/h18,20,23-27,32H,4-17,19H2,1-3H3,(H,33,34)/t20?,23-,24-,25-,26?,27?,29-,30-/m0/s1. The topological polar surface area (TPSA) is 74.6 Å². The van der Waals surface area contributed by atoms with Gasteiger partial charge in [-0.05, 0) is 91.4 Å². The largest absolute Gasteiger partial charge is 0.481 e. The zero-order chi connectivity index (χ0) is 24.5. The molecule has 3 fully saturated rings. The van der Waals surface area contributed by atoms with Crippen LogP contribution in [0.3, 0.4) is 0 Å². The maximum absolute atomic E-state index is 12.9. The molecular weight excluding hydrogens is 424 g/mol. The average Bonchev–Trinajstić information content (AvgIpc) is 3.09. The fourth-order valence-electron chi connectivity index (χ4n) is 9.17. The Labute approximate surface area is 207 Å². The van der Waals surface area contributed by atoms with Gasteiger partial charge >= 0.3 is 5.97 Å². The third-order valence-electron chi connectivity index (χ3n) is 11.1. The summed E-state index contributed by atoms with van der Waals surface area (Å²) < 4.78 is 0. The van der Waals surface area contributed by atoms with E-state index in [9.17, 15) is 19.8 Å². The van der Waals surface area contributed by atoms with Crippen molar-refractivity contribution in [1.29, 1.82) is 0 Å². The molecule has 34 heavy (non-hydrogen) atoms. The van der Waals surface area contributed by atoms with Crippen LogP contribution in [0.25, 0.3) is 0 Å². The first kappa shape index (κ1) is 25.9. The number of unbranched alkanes of at least 4 members (excludes halogenated alkanes) is 5. The fourth-order valence-corrected chi connectivity index (χ4v) is 9.17. The number of carboxylic acid groups (broad SMARTS) is 1. The number of aliphatic hydroxyl groups is 1. The zero-order valence-corrected chi connectivity index (χ0v) is 21.9. The summed E-state index contributed by atoms with van der Waals surface area (Å²) in [7, 11) is 0. The van der Waals surface area contributed by atoms with Crippen LogP contribution in [-0.4, -0.2) is 28.1 Å². The first-order valence-corrected chi connectivity index (χ1v) is 14.4. The Kier molecular flexibility index (Phi) is 7.96. The Balaban J connectivity index is 1.58. The second-order valence-electron chi connectivity index (χ2n) is 12.7. The lowest BCUT2D eigenvalue weighted by atomic mass is 9.43. The number of carbonyl (C=O) groups is 2. The summed E-state index contributed by atoms with van der Waals surface area (Å²) in [5.41, 5.74) is 1.28. The smallest absolute Gasteiger partial charge is 0.303 e. The molecule has 0 aromatic carbocycles. The Morgan fingerprint density at radius 3 is 2.53 bits per heavy atom. The van der Waals surface area contributed by atoms with Crippen LogP contribution in [0.1, 0.15) is 117 Å². The van der Waals surface area contributed by atoms with Crippen LogP contribution >= 0.6 is 0 Å². The van der Waals surface area contributed by atoms with E-state index in [2.05, 4.69) is 20.8 Å². The lowest BCUT2D eigenvalue weighted by molar-refractivity contribution is -0.141. The van der Waals surface area contributed by atoms with Gasteiger partial charge in [0, 0.05) is 12.8 Å². The molecule has 0 aliphatic heterocycles. The minimum atomic E-state index is -0.717. The molecule has 192 valence electrons. The summed E-state index contributed by atoms with van der Waals surface area (Å²) in [4.78, 5) is 24.8. The summed E-state index contributed by atoms with van der Waals surface area (Å²) >= 11 is 0. The summed E-state index contributed by atoms with van der Waals surface area (Å²) in [6, 6.07) is 0. The maximum atomic E-state index is 12.9. The Morgan fingerprint density at radius 1 is 1.06 bits per heavy atom. The van der Waals surface area contributed by atoms with E-state index in [0.29, 0.717) is 24.2 Å². The normalized spacial score (nSPS) is 40.2. The van der Waals surface area contributed by atoms with E-state index >= 15 is 0 Å². The van der Waals surface area contributed by atoms with E-state index in [4.69, 9.17) is 0 Å². The van der Waals surface area contributed by atoms with Crippen LogP contribution in [0.15, 0.2) is 11.6 Å². The molecule has 0 amide bonds. The minimum Gasteiger partial charge on any atom is -0.481 e. The number of carbonyl (C=O) groups excluding carboxylic acids is 1. The highest BCUT2D eigenvalue weighted by Gasteiger charge is 2.61. The molecule has 4 rings (SSSR count). The first-order valence-electron chi connectivity index (χ1n) is 14.4. The number of hydrogen-bond donors (Lipinski definition) is 2. The Morgan fingerprint density at radius 2 is 1.79 bits per heavy atom. The predicted molar refractivity (Wildman–Crippen MR) is 135 cm³/mol. The molecule has 0 aromatic heterocycles. The van der Waals surface area contributed by atoms with E-state index < -0.39 is 5.97 Å². The van der Waals surface area contributed by atoms with Gasteiger partial charge in [0.1, 0.15) is 0 Å². The second-order valence-corrected chi connectivity index (χ2v) is 12.7. The van der Waals surface area contributed by atoms with Crippen LogP contribution < -0.4 is 0 Å². The van der Waals surface area contributed by atoms with E-state index in [1.807, 2.05) is 6.08 Å². The van der Waals surface area contributed by atoms with E-state index in [1.165, 1.54) is 37.7 Å². The molecule has 3 unspecified atom stereocenters. The van der Waals surface area contributed by atoms with Gasteiger partial charge in [-0.25, -0.2) is 0 Å². The SMILES string of the molecule is CCCCCCCCC(CC(=O)O)C1CC(=O)C=C2CC[C@H]3[C@@H]4CCC(O)[C@@]4(C)CC[C@@H]3[C@]21C. The summed E-state index contributed by atoms with van der Waals surface area (Å²) in [5.74, 6) is 1.37. The van der Waals surface area contributed by atoms with Gasteiger partial charge in [-0.2, -0.15) is 0 Å². The van der Waals surface area contributed by atoms with Crippen LogP contribution in [0, 0.1) is 40.4 Å². The van der Waals surface area contributed by atoms with Gasteiger partial charge in [-0.15, -0.1) is 0 Å². The first-order chi connectivity index (χ1) is 16.2. The third kappa shape index (κ3) is 4.65. The number of carboxylic acids is 1. The number of ketones is 1. The third-order valence-corrected chi connectivity index (χ3v) is 11.1. The van der Waals surface area contributed by atoms with Gasteiger partial charge in [0.25, 0.3) is 0 Å². The maximum Gasteiger partial charge on any atom is 0.303 e. The highest BCUT2D eigenvalue weighted by Crippen LogP contribution is 2.67. The van der Waals surface area contributed by atoms with Crippen molar-refractivity contribution >= 4 is 11.8 Å². The molecule has 4 heteroatoms. The summed E-state index contributed by atoms with van der Waals surface area (Å²) in [6.07, 6.45) is 16.9.